The van der Waals surface area contributed by atoms with Crippen LogP contribution in [0.25, 0.3) is 11.3 Å². The molecule has 1 radical (unpaired) electrons. The van der Waals surface area contributed by atoms with Crippen LogP contribution in [0.1, 0.15) is 57.3 Å². The summed E-state index contributed by atoms with van der Waals surface area (Å²) >= 11 is 0. The summed E-state index contributed by atoms with van der Waals surface area (Å²) in [5.41, 5.74) is 4.29. The fourth-order valence-electron chi connectivity index (χ4n) is 3.19. The number of nitrogens with zero attached hydrogens (tertiary/aromatic N) is 2. The van der Waals surface area contributed by atoms with Gasteiger partial charge in [0.15, 0.2) is 0 Å². The van der Waals surface area contributed by atoms with E-state index in [1.165, 1.54) is 32.8 Å². The second-order valence-corrected chi connectivity index (χ2v) is 8.26. The van der Waals surface area contributed by atoms with Crippen LogP contribution in [0.15, 0.2) is 84.6 Å². The number of unbranched alkanes of at least 4 members (excludes halogenated alkanes) is 1. The van der Waals surface area contributed by atoms with Crippen molar-refractivity contribution in [3.63, 3.8) is 0 Å². The fraction of sp³-hybridized carbons (Fsp3) is 0.300. The monoisotopic (exact) mass is 511 g/mol. The van der Waals surface area contributed by atoms with Gasteiger partial charge in [0.1, 0.15) is 0 Å². The van der Waals surface area contributed by atoms with Crippen LogP contribution in [0.2, 0.25) is 0 Å². The molecule has 4 nitrogen and oxygen atoms in total. The standard InChI is InChI=1S/C18H23N2.C7H7.C5H8O2.Cr/c1-4-5-14-18(20(2)3)17-13-9-12-16(19-17)15-10-7-6-8-11-15;1-7-5-3-2-4-6-7;1-4(6)3-5(2)7;/h6-10,12-13,18H,4-5,14H2,1-3H3;2-6H,1H2;3,6H,1-2H3;/q2*-1;;+3/p+1/b;;4-3-;. The molecule has 1 aromatic heterocycles. The molecule has 35 heavy (non-hydrogen) atoms. The number of hydrogen-bond donors (Lipinski definition) is 1. The Kier molecular flexibility index (Phi) is 17.0. The second-order valence-electron chi connectivity index (χ2n) is 8.26. The minimum absolute atomic E-state index is 0. The summed E-state index contributed by atoms with van der Waals surface area (Å²) in [6.45, 7) is 8.95. The van der Waals surface area contributed by atoms with E-state index in [0.29, 0.717) is 6.04 Å². The molecule has 0 saturated heterocycles. The summed E-state index contributed by atoms with van der Waals surface area (Å²) in [4.78, 5) is 15.5. The topological polar surface area (TPSA) is 57.8 Å². The number of allylic oxidation sites excluding steroid dienone is 2. The number of carbonyl (C=O) groups excluding carboxylic acids is 1. The van der Waals surface area contributed by atoms with Crippen LogP contribution in [0.5, 0.6) is 0 Å². The van der Waals surface area contributed by atoms with Gasteiger partial charge < -0.3 is 10.0 Å². The Morgan fingerprint density at radius 2 is 1.71 bits per heavy atom. The number of rotatable bonds is 7. The van der Waals surface area contributed by atoms with E-state index in [2.05, 4.69) is 63.2 Å². The first-order valence-electron chi connectivity index (χ1n) is 11.6. The van der Waals surface area contributed by atoms with Gasteiger partial charge in [0.25, 0.3) is 0 Å². The van der Waals surface area contributed by atoms with Gasteiger partial charge in [-0.3, -0.25) is 9.78 Å². The molecule has 0 bridgehead atoms. The second kappa shape index (κ2) is 18.5. The zero-order valence-electron chi connectivity index (χ0n) is 21.6. The Hall–Kier alpha value is -2.84. The Morgan fingerprint density at radius 3 is 2.14 bits per heavy atom. The molecule has 1 unspecified atom stereocenters. The van der Waals surface area contributed by atoms with Gasteiger partial charge in [0.05, 0.1) is 24.8 Å². The Morgan fingerprint density at radius 1 is 1.06 bits per heavy atom. The maximum atomic E-state index is 8.40. The molecule has 1 atom stereocenters. The van der Waals surface area contributed by atoms with E-state index in [1.54, 1.807) is 0 Å². The van der Waals surface area contributed by atoms with Gasteiger partial charge in [-0.05, 0) is 39.2 Å². The molecule has 3 rings (SSSR count). The molecule has 2 N–H and O–H groups in total. The average molecular weight is 512 g/mol. The quantitative estimate of drug-likeness (QED) is 0.158. The van der Waals surface area contributed by atoms with Crippen molar-refractivity contribution in [2.24, 2.45) is 0 Å². The summed E-state index contributed by atoms with van der Waals surface area (Å²) in [5, 5.41) is 8.40. The van der Waals surface area contributed by atoms with E-state index < -0.39 is 0 Å². The van der Waals surface area contributed by atoms with E-state index in [0.717, 1.165) is 28.9 Å². The minimum Gasteiger partial charge on any atom is -0.512 e. The van der Waals surface area contributed by atoms with Crippen molar-refractivity contribution in [3.8, 4) is 11.3 Å². The van der Waals surface area contributed by atoms with Crippen LogP contribution < -0.4 is 0 Å². The predicted molar refractivity (Wildman–Crippen MR) is 144 cm³/mol. The zero-order chi connectivity index (χ0) is 25.3. The molecule has 2 aromatic carbocycles. The third kappa shape index (κ3) is 14.2. The normalized spacial score (nSPS) is 11.2. The van der Waals surface area contributed by atoms with Crippen LogP contribution in [-0.2, 0) is 17.4 Å². The first kappa shape index (κ1) is 32.2. The van der Waals surface area contributed by atoms with E-state index in [1.807, 2.05) is 48.5 Å². The van der Waals surface area contributed by atoms with Crippen molar-refractivity contribution >= 4 is 5.78 Å². The Bertz CT molecular complexity index is 986. The number of pyridine rings is 1. The summed E-state index contributed by atoms with van der Waals surface area (Å²) in [5.74, 6) is 0.250. The Labute approximate surface area is 222 Å². The van der Waals surface area contributed by atoms with Crippen molar-refractivity contribution in [1.82, 2.24) is 9.88 Å². The zero-order valence-corrected chi connectivity index (χ0v) is 22.9. The van der Waals surface area contributed by atoms with Crippen molar-refractivity contribution < 1.29 is 27.3 Å². The van der Waals surface area contributed by atoms with E-state index in [9.17, 15) is 0 Å². The van der Waals surface area contributed by atoms with Gasteiger partial charge in [-0.2, -0.15) is 24.6 Å². The molecule has 0 amide bonds. The van der Waals surface area contributed by atoms with E-state index in [-0.39, 0.29) is 28.9 Å². The molecule has 0 spiro atoms. The third-order valence-corrected chi connectivity index (χ3v) is 4.81. The van der Waals surface area contributed by atoms with Crippen LogP contribution in [0.4, 0.5) is 0 Å². The molecule has 3 aromatic rings. The Balaban J connectivity index is 0.000000634. The molecule has 0 aliphatic rings. The average Bonchev–Trinajstić information content (AvgIpc) is 2.80. The first-order valence-corrected chi connectivity index (χ1v) is 11.6. The van der Waals surface area contributed by atoms with Crippen LogP contribution >= 0.6 is 0 Å². The van der Waals surface area contributed by atoms with Crippen LogP contribution in [0.3, 0.4) is 0 Å². The first-order chi connectivity index (χ1) is 16.2. The number of aliphatic hydroxyl groups is 1. The summed E-state index contributed by atoms with van der Waals surface area (Å²) in [6.07, 6.45) is 4.88. The van der Waals surface area contributed by atoms with Crippen molar-refractivity contribution in [1.29, 1.82) is 0 Å². The van der Waals surface area contributed by atoms with Gasteiger partial charge >= 0.3 is 23.1 Å². The van der Waals surface area contributed by atoms with Gasteiger partial charge in [-0.1, -0.05) is 38.0 Å². The predicted octanol–water partition coefficient (Wildman–Crippen LogP) is 7.22. The summed E-state index contributed by atoms with van der Waals surface area (Å²) < 4.78 is 0. The molecule has 0 aliphatic heterocycles. The molecule has 185 valence electrons. The van der Waals surface area contributed by atoms with Gasteiger partial charge in [0.2, 0.25) is 0 Å². The van der Waals surface area contributed by atoms with Gasteiger partial charge in [-0.15, -0.1) is 48.0 Å². The number of aliphatic hydroxyl groups excluding tert-OH is 1. The molecule has 0 saturated carbocycles. The maximum absolute atomic E-state index is 8.40. The van der Waals surface area contributed by atoms with E-state index >= 15 is 0 Å². The molecule has 5 heteroatoms. The molecule has 0 fully saturated rings. The molecule has 1 heterocycles. The SMILES string of the molecule is CC(=[OH+])/C=C(/C)O.CCCCC(c1cccc(-c2[c-]cccc2)n1)N(C)C.[CH2-]c1ccccc1.[Cr+3]. The largest absolute Gasteiger partial charge is 3.00 e. The van der Waals surface area contributed by atoms with E-state index in [4.69, 9.17) is 14.9 Å². The number of benzene rings is 2. The summed E-state index contributed by atoms with van der Waals surface area (Å²) in [7, 11) is 4.26. The van der Waals surface area contributed by atoms with Gasteiger partial charge in [-0.25, -0.2) is 0 Å². The fourth-order valence-corrected chi connectivity index (χ4v) is 3.19. The molecular weight excluding hydrogens is 472 g/mol. The third-order valence-electron chi connectivity index (χ3n) is 4.81. The maximum Gasteiger partial charge on any atom is 3.00 e. The number of hydrogen-bond acceptors (Lipinski definition) is 3. The van der Waals surface area contributed by atoms with Crippen LogP contribution in [-0.4, -0.2) is 39.7 Å². The van der Waals surface area contributed by atoms with Crippen molar-refractivity contribution in [2.75, 3.05) is 14.1 Å². The van der Waals surface area contributed by atoms with Gasteiger partial charge in [0, 0.05) is 5.69 Å². The number of aromatic nitrogens is 1. The van der Waals surface area contributed by atoms with Crippen molar-refractivity contribution in [3.05, 3.63) is 109 Å². The number of ketones is 1. The van der Waals surface area contributed by atoms with Crippen molar-refractivity contribution in [2.45, 2.75) is 46.1 Å². The molecular formula is C30H39CrN2O2+2. The van der Waals surface area contributed by atoms with Crippen LogP contribution in [0, 0.1) is 13.0 Å². The molecule has 0 aliphatic carbocycles. The smallest absolute Gasteiger partial charge is 0.512 e. The minimum atomic E-state index is 0. The summed E-state index contributed by atoms with van der Waals surface area (Å²) in [6, 6.07) is 27.8.